The molecule has 3 aromatic carbocycles. The summed E-state index contributed by atoms with van der Waals surface area (Å²) in [6, 6.07) is 25.1. The number of benzene rings is 3. The molecule has 31 heavy (non-hydrogen) atoms. The van der Waals surface area contributed by atoms with E-state index >= 15 is 0 Å². The molecule has 0 spiro atoms. The van der Waals surface area contributed by atoms with E-state index in [0.29, 0.717) is 22.8 Å². The number of allylic oxidation sites excluding steroid dienone is 2. The third-order valence-electron chi connectivity index (χ3n) is 5.13. The molecule has 0 heterocycles. The van der Waals surface area contributed by atoms with E-state index in [0.717, 1.165) is 17.5 Å². The van der Waals surface area contributed by atoms with Gasteiger partial charge in [0.25, 0.3) is 0 Å². The maximum atomic E-state index is 11.6. The van der Waals surface area contributed by atoms with Crippen molar-refractivity contribution in [3.05, 3.63) is 102 Å². The third kappa shape index (κ3) is 5.73. The van der Waals surface area contributed by atoms with E-state index in [4.69, 9.17) is 9.47 Å². The topological polar surface area (TPSA) is 35.5 Å². The van der Waals surface area contributed by atoms with Crippen LogP contribution in [0.3, 0.4) is 0 Å². The van der Waals surface area contributed by atoms with E-state index in [1.807, 2.05) is 24.3 Å². The van der Waals surface area contributed by atoms with Crippen LogP contribution >= 0.6 is 0 Å². The molecule has 0 fully saturated rings. The molecule has 0 aromatic heterocycles. The Kier molecular flexibility index (Phi) is 7.09. The van der Waals surface area contributed by atoms with Gasteiger partial charge in [-0.15, -0.1) is 0 Å². The Hall–Kier alpha value is -3.59. The smallest absolute Gasteiger partial charge is 0.338 e. The Morgan fingerprint density at radius 1 is 0.710 bits per heavy atom. The first-order valence-electron chi connectivity index (χ1n) is 10.4. The number of rotatable bonds is 7. The molecule has 0 unspecified atom stereocenters. The number of aryl methyl sites for hydroxylation is 1. The van der Waals surface area contributed by atoms with Crippen LogP contribution < -0.4 is 4.74 Å². The minimum atomic E-state index is -0.458. The first-order chi connectivity index (χ1) is 14.9. The zero-order valence-corrected chi connectivity index (χ0v) is 18.6. The fourth-order valence-electron chi connectivity index (χ4n) is 3.05. The lowest BCUT2D eigenvalue weighted by molar-refractivity contribution is -0.135. The van der Waals surface area contributed by atoms with Crippen molar-refractivity contribution in [1.29, 1.82) is 0 Å². The average molecular weight is 413 g/mol. The molecular weight excluding hydrogens is 384 g/mol. The predicted octanol–water partition coefficient (Wildman–Crippen LogP) is 7.33. The minimum absolute atomic E-state index is 0.348. The monoisotopic (exact) mass is 412 g/mol. The Balaban J connectivity index is 1.69. The van der Waals surface area contributed by atoms with Crippen molar-refractivity contribution in [2.24, 2.45) is 0 Å². The number of hydrogen-bond donors (Lipinski definition) is 0. The molecule has 0 aliphatic heterocycles. The van der Waals surface area contributed by atoms with Crippen LogP contribution in [-0.2, 0) is 16.0 Å². The van der Waals surface area contributed by atoms with Gasteiger partial charge in [-0.3, -0.25) is 0 Å². The normalized spacial score (nSPS) is 11.5. The van der Waals surface area contributed by atoms with Crippen molar-refractivity contribution in [2.45, 2.75) is 34.1 Å². The molecule has 3 heteroatoms. The summed E-state index contributed by atoms with van der Waals surface area (Å²) in [7, 11) is 0. The Bertz CT molecular complexity index is 1090. The summed E-state index contributed by atoms with van der Waals surface area (Å²) in [4.78, 5) is 11.6. The first kappa shape index (κ1) is 22.1. The second-order valence-electron chi connectivity index (χ2n) is 7.54. The quantitative estimate of drug-likeness (QED) is 0.231. The van der Waals surface area contributed by atoms with Crippen LogP contribution in [0.5, 0.6) is 5.75 Å². The summed E-state index contributed by atoms with van der Waals surface area (Å²) in [6.45, 7) is 10.8. The Morgan fingerprint density at radius 3 is 1.55 bits per heavy atom. The molecule has 0 amide bonds. The molecule has 0 bridgehead atoms. The predicted molar refractivity (Wildman–Crippen MR) is 127 cm³/mol. The molecule has 3 aromatic rings. The number of esters is 1. The van der Waals surface area contributed by atoms with Gasteiger partial charge in [-0.25, -0.2) is 4.79 Å². The van der Waals surface area contributed by atoms with E-state index < -0.39 is 5.97 Å². The second kappa shape index (κ2) is 9.94. The molecular formula is C28H28O3. The van der Waals surface area contributed by atoms with Gasteiger partial charge in [0.05, 0.1) is 0 Å². The molecule has 0 N–H and O–H groups in total. The van der Waals surface area contributed by atoms with Crippen LogP contribution in [0.15, 0.2) is 96.5 Å². The molecule has 0 atom stereocenters. The summed E-state index contributed by atoms with van der Waals surface area (Å²) in [5.41, 5.74) is 6.36. The molecule has 0 saturated carbocycles. The largest absolute Gasteiger partial charge is 0.459 e. The first-order valence-corrected chi connectivity index (χ1v) is 10.4. The van der Waals surface area contributed by atoms with Gasteiger partial charge in [0.15, 0.2) is 0 Å². The summed E-state index contributed by atoms with van der Waals surface area (Å²) < 4.78 is 11.0. The van der Waals surface area contributed by atoms with Crippen LogP contribution in [0.2, 0.25) is 0 Å². The molecule has 0 saturated heterocycles. The molecule has 0 radical (unpaired) electrons. The van der Waals surface area contributed by atoms with Crippen LogP contribution in [0, 0.1) is 0 Å². The van der Waals surface area contributed by atoms with E-state index in [1.54, 1.807) is 20.8 Å². The van der Waals surface area contributed by atoms with Gasteiger partial charge in [-0.1, -0.05) is 74.2 Å². The molecule has 3 nitrogen and oxygen atoms in total. The lowest BCUT2D eigenvalue weighted by Gasteiger charge is -2.11. The van der Waals surface area contributed by atoms with Gasteiger partial charge >= 0.3 is 5.97 Å². The standard InChI is InChI=1S/C28H28O3/c1-6-22-7-9-23(10-8-22)24-11-13-25(14-12-24)26-15-17-27(18-16-26)30-20(4)21(5)31-28(29)19(2)3/h7-18H,2,6H2,1,3-5H3/b21-20+. The van der Waals surface area contributed by atoms with Gasteiger partial charge in [0.2, 0.25) is 0 Å². The van der Waals surface area contributed by atoms with Crippen LogP contribution in [0.4, 0.5) is 0 Å². The lowest BCUT2D eigenvalue weighted by Crippen LogP contribution is -2.06. The average Bonchev–Trinajstić information content (AvgIpc) is 2.79. The number of carbonyl (C=O) groups is 1. The molecule has 0 aliphatic carbocycles. The highest BCUT2D eigenvalue weighted by atomic mass is 16.6. The Morgan fingerprint density at radius 2 is 1.13 bits per heavy atom. The molecule has 158 valence electrons. The highest BCUT2D eigenvalue weighted by molar-refractivity contribution is 5.87. The van der Waals surface area contributed by atoms with E-state index in [9.17, 15) is 4.79 Å². The van der Waals surface area contributed by atoms with Crippen molar-refractivity contribution in [2.75, 3.05) is 0 Å². The number of ether oxygens (including phenoxy) is 2. The van der Waals surface area contributed by atoms with Crippen LogP contribution in [-0.4, -0.2) is 5.97 Å². The summed E-state index contributed by atoms with van der Waals surface area (Å²) in [5.74, 6) is 1.17. The fourth-order valence-corrected chi connectivity index (χ4v) is 3.05. The maximum absolute atomic E-state index is 11.6. The van der Waals surface area contributed by atoms with Gasteiger partial charge in [0.1, 0.15) is 17.3 Å². The summed E-state index contributed by atoms with van der Waals surface area (Å²) >= 11 is 0. The third-order valence-corrected chi connectivity index (χ3v) is 5.13. The number of carbonyl (C=O) groups excluding carboxylic acids is 1. The zero-order chi connectivity index (χ0) is 22.4. The van der Waals surface area contributed by atoms with E-state index in [2.05, 4.69) is 62.0 Å². The van der Waals surface area contributed by atoms with Gasteiger partial charge in [-0.2, -0.15) is 0 Å². The summed E-state index contributed by atoms with van der Waals surface area (Å²) in [5, 5.41) is 0. The van der Waals surface area contributed by atoms with E-state index in [1.165, 1.54) is 16.7 Å². The zero-order valence-electron chi connectivity index (χ0n) is 18.6. The fraction of sp³-hybridized carbons (Fsp3) is 0.179. The van der Waals surface area contributed by atoms with Gasteiger partial charge in [0, 0.05) is 5.57 Å². The maximum Gasteiger partial charge on any atom is 0.338 e. The number of hydrogen-bond acceptors (Lipinski definition) is 3. The van der Waals surface area contributed by atoms with Gasteiger partial charge in [-0.05, 0) is 67.1 Å². The SMILES string of the molecule is C=C(C)C(=O)O/C(C)=C(\C)Oc1ccc(-c2ccc(-c3ccc(CC)cc3)cc2)cc1. The lowest BCUT2D eigenvalue weighted by atomic mass is 9.99. The minimum Gasteiger partial charge on any atom is -0.459 e. The van der Waals surface area contributed by atoms with Crippen molar-refractivity contribution in [3.8, 4) is 28.0 Å². The van der Waals surface area contributed by atoms with Gasteiger partial charge < -0.3 is 9.47 Å². The highest BCUT2D eigenvalue weighted by Crippen LogP contribution is 2.27. The van der Waals surface area contributed by atoms with Crippen molar-refractivity contribution >= 4 is 5.97 Å². The Labute approximate surface area is 184 Å². The van der Waals surface area contributed by atoms with Crippen molar-refractivity contribution in [1.82, 2.24) is 0 Å². The second-order valence-corrected chi connectivity index (χ2v) is 7.54. The van der Waals surface area contributed by atoms with Crippen LogP contribution in [0.1, 0.15) is 33.3 Å². The highest BCUT2D eigenvalue weighted by Gasteiger charge is 2.09. The van der Waals surface area contributed by atoms with Crippen molar-refractivity contribution in [3.63, 3.8) is 0 Å². The van der Waals surface area contributed by atoms with E-state index in [-0.39, 0.29) is 0 Å². The van der Waals surface area contributed by atoms with Crippen molar-refractivity contribution < 1.29 is 14.3 Å². The summed E-state index contributed by atoms with van der Waals surface area (Å²) in [6.07, 6.45) is 1.05. The molecule has 3 rings (SSSR count). The van der Waals surface area contributed by atoms with Crippen LogP contribution in [0.25, 0.3) is 22.3 Å². The molecule has 0 aliphatic rings.